The van der Waals surface area contributed by atoms with Gasteiger partial charge in [0.15, 0.2) is 0 Å². The van der Waals surface area contributed by atoms with Crippen LogP contribution in [-0.4, -0.2) is 29.2 Å². The number of nitrogens with one attached hydrogen (secondary N) is 1. The van der Waals surface area contributed by atoms with Gasteiger partial charge in [0, 0.05) is 34.9 Å². The zero-order chi connectivity index (χ0) is 20.0. The molecule has 5 rings (SSSR count). The fourth-order valence-electron chi connectivity index (χ4n) is 4.31. The number of nitrogens with zero attached hydrogens (tertiary/aromatic N) is 1. The Morgan fingerprint density at radius 3 is 2.72 bits per heavy atom. The highest BCUT2D eigenvalue weighted by Gasteiger charge is 2.31. The molecule has 1 unspecified atom stereocenters. The molecule has 0 aliphatic carbocycles. The Kier molecular flexibility index (Phi) is 4.16. The maximum Gasteiger partial charge on any atom is 0.339 e. The molecule has 29 heavy (non-hydrogen) atoms. The third kappa shape index (κ3) is 2.81. The summed E-state index contributed by atoms with van der Waals surface area (Å²) in [6.07, 6.45) is 2.68. The van der Waals surface area contributed by atoms with E-state index in [4.69, 9.17) is 9.47 Å². The van der Waals surface area contributed by atoms with Gasteiger partial charge in [-0.2, -0.15) is 0 Å². The first-order valence-electron chi connectivity index (χ1n) is 9.81. The van der Waals surface area contributed by atoms with E-state index in [9.17, 15) is 4.79 Å². The first-order valence-corrected chi connectivity index (χ1v) is 9.81. The Balaban J connectivity index is 1.70. The lowest BCUT2D eigenvalue weighted by Crippen LogP contribution is -2.20. The molecule has 1 N–H and O–H groups in total. The topological polar surface area (TPSA) is 56.2 Å². The summed E-state index contributed by atoms with van der Waals surface area (Å²) in [6.45, 7) is 2.19. The van der Waals surface area contributed by atoms with Crippen molar-refractivity contribution in [1.82, 2.24) is 9.55 Å². The number of hydrogen-bond acceptors (Lipinski definition) is 3. The summed E-state index contributed by atoms with van der Waals surface area (Å²) < 4.78 is 12.7. The zero-order valence-electron chi connectivity index (χ0n) is 16.4. The molecule has 1 aliphatic rings. The van der Waals surface area contributed by atoms with Gasteiger partial charge in [-0.25, -0.2) is 4.79 Å². The molecule has 0 saturated heterocycles. The minimum Gasteiger partial charge on any atom is -0.497 e. The average Bonchev–Trinajstić information content (AvgIpc) is 3.34. The number of aromatic nitrogens is 2. The van der Waals surface area contributed by atoms with Crippen molar-refractivity contribution in [2.75, 3.05) is 13.7 Å². The number of hydrogen-bond donors (Lipinski definition) is 1. The summed E-state index contributed by atoms with van der Waals surface area (Å²) >= 11 is 0. The number of para-hydroxylation sites is 1. The van der Waals surface area contributed by atoms with Crippen LogP contribution in [0.5, 0.6) is 5.75 Å². The van der Waals surface area contributed by atoms with Crippen molar-refractivity contribution in [3.05, 3.63) is 88.9 Å². The van der Waals surface area contributed by atoms with Gasteiger partial charge >= 0.3 is 5.97 Å². The quantitative estimate of drug-likeness (QED) is 0.456. The van der Waals surface area contributed by atoms with E-state index in [1.807, 2.05) is 37.4 Å². The Morgan fingerprint density at radius 2 is 1.97 bits per heavy atom. The van der Waals surface area contributed by atoms with E-state index >= 15 is 0 Å². The van der Waals surface area contributed by atoms with Gasteiger partial charge < -0.3 is 19.0 Å². The van der Waals surface area contributed by atoms with Gasteiger partial charge in [-0.1, -0.05) is 30.3 Å². The maximum atomic E-state index is 12.4. The third-order valence-electron chi connectivity index (χ3n) is 5.63. The van der Waals surface area contributed by atoms with Crippen LogP contribution in [0, 0.1) is 0 Å². The first-order chi connectivity index (χ1) is 14.2. The summed E-state index contributed by atoms with van der Waals surface area (Å²) in [6, 6.07) is 18.4. The summed E-state index contributed by atoms with van der Waals surface area (Å²) in [5.41, 5.74) is 6.40. The number of H-pyrrole nitrogens is 1. The van der Waals surface area contributed by atoms with Gasteiger partial charge in [0.05, 0.1) is 25.3 Å². The normalized spacial score (nSPS) is 15.0. The molecule has 4 aromatic rings. The van der Waals surface area contributed by atoms with Crippen LogP contribution in [-0.2, 0) is 11.2 Å². The van der Waals surface area contributed by atoms with Gasteiger partial charge in [0.25, 0.3) is 0 Å². The molecule has 5 nitrogen and oxygen atoms in total. The van der Waals surface area contributed by atoms with Crippen molar-refractivity contribution in [1.29, 1.82) is 0 Å². The summed E-state index contributed by atoms with van der Waals surface area (Å²) in [5.74, 6) is 0.540. The average molecular weight is 386 g/mol. The van der Waals surface area contributed by atoms with Crippen molar-refractivity contribution in [2.45, 2.75) is 19.4 Å². The van der Waals surface area contributed by atoms with E-state index in [0.717, 1.165) is 34.6 Å². The highest BCUT2D eigenvalue weighted by molar-refractivity contribution is 5.90. The van der Waals surface area contributed by atoms with Crippen LogP contribution < -0.4 is 4.74 Å². The van der Waals surface area contributed by atoms with E-state index in [0.29, 0.717) is 12.2 Å². The second kappa shape index (κ2) is 6.85. The predicted octanol–water partition coefficient (Wildman–Crippen LogP) is 4.70. The Hall–Kier alpha value is -3.47. The highest BCUT2D eigenvalue weighted by Crippen LogP contribution is 2.40. The molecule has 146 valence electrons. The molecule has 1 aliphatic heterocycles. The van der Waals surface area contributed by atoms with Crippen LogP contribution in [0.3, 0.4) is 0 Å². The smallest absolute Gasteiger partial charge is 0.339 e. The molecule has 0 radical (unpaired) electrons. The number of benzene rings is 2. The molecule has 3 heterocycles. The van der Waals surface area contributed by atoms with Crippen molar-refractivity contribution < 1.29 is 14.3 Å². The number of aromatic amines is 1. The molecule has 5 heteroatoms. The van der Waals surface area contributed by atoms with Gasteiger partial charge in [0.2, 0.25) is 0 Å². The summed E-state index contributed by atoms with van der Waals surface area (Å²) in [7, 11) is 1.67. The second-order valence-electron chi connectivity index (χ2n) is 7.26. The lowest BCUT2D eigenvalue weighted by atomic mass is 9.93. The predicted molar refractivity (Wildman–Crippen MR) is 112 cm³/mol. The maximum absolute atomic E-state index is 12.4. The SMILES string of the molecule is CCOC(=O)c1cc2n(c1)C(c1ccc(OC)cc1)c1[nH]c3ccccc3c1C2. The lowest BCUT2D eigenvalue weighted by molar-refractivity contribution is 0.0526. The molecule has 0 amide bonds. The van der Waals surface area contributed by atoms with Crippen LogP contribution in [0.4, 0.5) is 0 Å². The second-order valence-corrected chi connectivity index (χ2v) is 7.26. The van der Waals surface area contributed by atoms with E-state index in [1.165, 1.54) is 10.9 Å². The number of carbonyl (C=O) groups excluding carboxylic acids is 1. The zero-order valence-corrected chi connectivity index (χ0v) is 16.4. The fourth-order valence-corrected chi connectivity index (χ4v) is 4.31. The molecule has 0 fully saturated rings. The van der Waals surface area contributed by atoms with Crippen molar-refractivity contribution in [3.63, 3.8) is 0 Å². The van der Waals surface area contributed by atoms with Gasteiger partial charge in [0.1, 0.15) is 5.75 Å². The molecule has 0 bridgehead atoms. The Labute approximate surface area is 168 Å². The van der Waals surface area contributed by atoms with E-state index in [-0.39, 0.29) is 12.0 Å². The van der Waals surface area contributed by atoms with E-state index in [2.05, 4.69) is 39.9 Å². The van der Waals surface area contributed by atoms with Crippen LogP contribution in [0.25, 0.3) is 10.9 Å². The van der Waals surface area contributed by atoms with Crippen LogP contribution >= 0.6 is 0 Å². The Bertz CT molecular complexity index is 1200. The minimum atomic E-state index is -0.281. The van der Waals surface area contributed by atoms with Crippen molar-refractivity contribution in [2.24, 2.45) is 0 Å². The number of carbonyl (C=O) groups is 1. The molecular weight excluding hydrogens is 364 g/mol. The molecule has 0 saturated carbocycles. The largest absolute Gasteiger partial charge is 0.497 e. The number of methoxy groups -OCH3 is 1. The number of ether oxygens (including phenoxy) is 2. The fraction of sp³-hybridized carbons (Fsp3) is 0.208. The summed E-state index contributed by atoms with van der Waals surface area (Å²) in [5, 5.41) is 1.23. The molecule has 2 aromatic carbocycles. The van der Waals surface area contributed by atoms with Gasteiger partial charge in [-0.05, 0) is 42.3 Å². The van der Waals surface area contributed by atoms with Gasteiger partial charge in [-0.3, -0.25) is 0 Å². The number of esters is 1. The van der Waals surface area contributed by atoms with E-state index < -0.39 is 0 Å². The van der Waals surface area contributed by atoms with Crippen molar-refractivity contribution in [3.8, 4) is 5.75 Å². The lowest BCUT2D eigenvalue weighted by Gasteiger charge is -2.27. The number of fused-ring (bicyclic) bond motifs is 4. The van der Waals surface area contributed by atoms with Crippen LogP contribution in [0.2, 0.25) is 0 Å². The third-order valence-corrected chi connectivity index (χ3v) is 5.63. The highest BCUT2D eigenvalue weighted by atomic mass is 16.5. The van der Waals surface area contributed by atoms with Crippen LogP contribution in [0.15, 0.2) is 60.8 Å². The standard InChI is InChI=1S/C24H22N2O3/c1-3-29-24(27)16-12-17-13-20-19-6-4-5-7-21(19)25-22(20)23(26(17)14-16)15-8-10-18(28-2)11-9-15/h4-12,14,23,25H,3,13H2,1-2H3. The minimum absolute atomic E-state index is 0.0461. The monoisotopic (exact) mass is 386 g/mol. The van der Waals surface area contributed by atoms with E-state index in [1.54, 1.807) is 7.11 Å². The van der Waals surface area contributed by atoms with Crippen molar-refractivity contribution >= 4 is 16.9 Å². The van der Waals surface area contributed by atoms with Gasteiger partial charge in [-0.15, -0.1) is 0 Å². The molecular formula is C24H22N2O3. The molecule has 2 aromatic heterocycles. The number of rotatable bonds is 4. The molecule has 1 atom stereocenters. The first kappa shape index (κ1) is 17.6. The Morgan fingerprint density at radius 1 is 1.17 bits per heavy atom. The summed E-state index contributed by atoms with van der Waals surface area (Å²) in [4.78, 5) is 16.0. The van der Waals surface area contributed by atoms with Crippen LogP contribution in [0.1, 0.15) is 45.8 Å². The molecule has 0 spiro atoms.